The van der Waals surface area contributed by atoms with Crippen molar-refractivity contribution in [1.29, 1.82) is 0 Å². The summed E-state index contributed by atoms with van der Waals surface area (Å²) in [5.74, 6) is -1.59. The zero-order valence-electron chi connectivity index (χ0n) is 10.8. The number of halogens is 1. The number of hydrogen-bond acceptors (Lipinski definition) is 4. The summed E-state index contributed by atoms with van der Waals surface area (Å²) in [6.45, 7) is 1.56. The first kappa shape index (κ1) is 14.1. The van der Waals surface area contributed by atoms with Gasteiger partial charge in [0.05, 0.1) is 24.1 Å². The van der Waals surface area contributed by atoms with Gasteiger partial charge >= 0.3 is 11.9 Å². The number of carbonyl (C=O) groups is 2. The third-order valence-corrected chi connectivity index (χ3v) is 3.10. The van der Waals surface area contributed by atoms with Gasteiger partial charge in [-0.3, -0.25) is 0 Å². The molecule has 0 aliphatic heterocycles. The van der Waals surface area contributed by atoms with E-state index in [1.807, 2.05) is 0 Å². The van der Waals surface area contributed by atoms with Crippen molar-refractivity contribution < 1.29 is 19.4 Å². The summed E-state index contributed by atoms with van der Waals surface area (Å²) in [4.78, 5) is 22.4. The maximum absolute atomic E-state index is 11.3. The van der Waals surface area contributed by atoms with Crippen LogP contribution in [0.4, 0.5) is 0 Å². The second-order valence-electron chi connectivity index (χ2n) is 4.01. The van der Waals surface area contributed by atoms with E-state index in [0.717, 1.165) is 0 Å². The Hall–Kier alpha value is -2.34. The Morgan fingerprint density at radius 2 is 1.90 bits per heavy atom. The van der Waals surface area contributed by atoms with Crippen LogP contribution in [0.15, 0.2) is 24.3 Å². The normalized spacial score (nSPS) is 10.3. The number of carboxylic acid groups (broad SMARTS) is 1. The van der Waals surface area contributed by atoms with Gasteiger partial charge in [0.15, 0.2) is 0 Å². The number of aromatic nitrogens is 2. The van der Waals surface area contributed by atoms with Gasteiger partial charge in [0.25, 0.3) is 0 Å². The summed E-state index contributed by atoms with van der Waals surface area (Å²) in [5.41, 5.74) is 1.22. The van der Waals surface area contributed by atoms with Gasteiger partial charge < -0.3 is 9.84 Å². The van der Waals surface area contributed by atoms with Gasteiger partial charge in [0.1, 0.15) is 10.7 Å². The third kappa shape index (κ3) is 2.37. The predicted molar refractivity (Wildman–Crippen MR) is 71.6 cm³/mol. The molecule has 104 valence electrons. The maximum Gasteiger partial charge on any atom is 0.340 e. The van der Waals surface area contributed by atoms with E-state index >= 15 is 0 Å². The van der Waals surface area contributed by atoms with Crippen LogP contribution in [-0.2, 0) is 4.74 Å². The Kier molecular flexibility index (Phi) is 3.76. The summed E-state index contributed by atoms with van der Waals surface area (Å²) in [5, 5.41) is 13.2. The number of carbonyl (C=O) groups excluding carboxylic acids is 1. The van der Waals surface area contributed by atoms with E-state index in [1.54, 1.807) is 31.2 Å². The van der Waals surface area contributed by atoms with Gasteiger partial charge in [-0.1, -0.05) is 11.6 Å². The lowest BCUT2D eigenvalue weighted by Crippen LogP contribution is -2.03. The SMILES string of the molecule is COC(=O)c1ccc(-n2nc(C)c(C(=O)O)c2Cl)cc1. The Labute approximate surface area is 119 Å². The smallest absolute Gasteiger partial charge is 0.340 e. The lowest BCUT2D eigenvalue weighted by molar-refractivity contribution is 0.0600. The standard InChI is InChI=1S/C13H11ClN2O4/c1-7-10(12(17)18)11(14)16(15-7)9-5-3-8(4-6-9)13(19)20-2/h3-6H,1-2H3,(H,17,18). The van der Waals surface area contributed by atoms with Crippen molar-refractivity contribution in [3.05, 3.63) is 46.2 Å². The van der Waals surface area contributed by atoms with Crippen molar-refractivity contribution in [2.45, 2.75) is 6.92 Å². The van der Waals surface area contributed by atoms with Gasteiger partial charge in [-0.25, -0.2) is 14.3 Å². The molecule has 0 radical (unpaired) electrons. The summed E-state index contributed by atoms with van der Waals surface area (Å²) in [6, 6.07) is 6.32. The molecule has 0 aliphatic carbocycles. The van der Waals surface area contributed by atoms with E-state index in [-0.39, 0.29) is 10.7 Å². The highest BCUT2D eigenvalue weighted by molar-refractivity contribution is 6.32. The fourth-order valence-corrected chi connectivity index (χ4v) is 2.12. The first-order valence-corrected chi connectivity index (χ1v) is 6.00. The Morgan fingerprint density at radius 1 is 1.30 bits per heavy atom. The zero-order valence-corrected chi connectivity index (χ0v) is 11.5. The fraction of sp³-hybridized carbons (Fsp3) is 0.154. The molecule has 1 heterocycles. The molecule has 2 rings (SSSR count). The molecular formula is C13H11ClN2O4. The van der Waals surface area contributed by atoms with Crippen LogP contribution < -0.4 is 0 Å². The summed E-state index contributed by atoms with van der Waals surface area (Å²) >= 11 is 6.02. The summed E-state index contributed by atoms with van der Waals surface area (Å²) < 4.78 is 5.90. The van der Waals surface area contributed by atoms with Crippen LogP contribution in [0.3, 0.4) is 0 Å². The highest BCUT2D eigenvalue weighted by Gasteiger charge is 2.20. The van der Waals surface area contributed by atoms with E-state index < -0.39 is 11.9 Å². The molecule has 7 heteroatoms. The molecule has 0 saturated carbocycles. The highest BCUT2D eigenvalue weighted by Crippen LogP contribution is 2.23. The van der Waals surface area contributed by atoms with Gasteiger partial charge in [-0.15, -0.1) is 0 Å². The molecule has 0 spiro atoms. The molecule has 0 atom stereocenters. The number of aryl methyl sites for hydroxylation is 1. The second kappa shape index (κ2) is 5.34. The maximum atomic E-state index is 11.3. The fourth-order valence-electron chi connectivity index (χ4n) is 1.77. The van der Waals surface area contributed by atoms with Crippen molar-refractivity contribution in [2.24, 2.45) is 0 Å². The Morgan fingerprint density at radius 3 is 2.35 bits per heavy atom. The Balaban J connectivity index is 2.45. The number of carboxylic acids is 1. The monoisotopic (exact) mass is 294 g/mol. The molecule has 1 N–H and O–H groups in total. The van der Waals surface area contributed by atoms with E-state index in [4.69, 9.17) is 16.7 Å². The zero-order chi connectivity index (χ0) is 14.9. The van der Waals surface area contributed by atoms with E-state index in [0.29, 0.717) is 16.9 Å². The van der Waals surface area contributed by atoms with Crippen LogP contribution >= 0.6 is 11.6 Å². The van der Waals surface area contributed by atoms with Gasteiger partial charge in [-0.05, 0) is 31.2 Å². The number of methoxy groups -OCH3 is 1. The van der Waals surface area contributed by atoms with Crippen molar-refractivity contribution in [2.75, 3.05) is 7.11 Å². The van der Waals surface area contributed by atoms with Crippen LogP contribution in [0.1, 0.15) is 26.4 Å². The van der Waals surface area contributed by atoms with Gasteiger partial charge in [0.2, 0.25) is 0 Å². The quantitative estimate of drug-likeness (QED) is 0.879. The molecule has 0 unspecified atom stereocenters. The lowest BCUT2D eigenvalue weighted by Gasteiger charge is -2.04. The molecule has 2 aromatic rings. The molecule has 0 amide bonds. The van der Waals surface area contributed by atoms with Crippen LogP contribution in [0.5, 0.6) is 0 Å². The van der Waals surface area contributed by atoms with Crippen LogP contribution in [0.2, 0.25) is 5.15 Å². The third-order valence-electron chi connectivity index (χ3n) is 2.75. The average molecular weight is 295 g/mol. The van der Waals surface area contributed by atoms with E-state index in [2.05, 4.69) is 9.84 Å². The average Bonchev–Trinajstić information content (AvgIpc) is 2.73. The molecule has 0 aliphatic rings. The van der Waals surface area contributed by atoms with Crippen LogP contribution in [0.25, 0.3) is 5.69 Å². The number of benzene rings is 1. The van der Waals surface area contributed by atoms with Crippen molar-refractivity contribution in [1.82, 2.24) is 9.78 Å². The van der Waals surface area contributed by atoms with Crippen molar-refractivity contribution in [3.63, 3.8) is 0 Å². The van der Waals surface area contributed by atoms with Gasteiger partial charge in [-0.2, -0.15) is 5.10 Å². The van der Waals surface area contributed by atoms with Gasteiger partial charge in [0, 0.05) is 0 Å². The number of aromatic carboxylic acids is 1. The lowest BCUT2D eigenvalue weighted by atomic mass is 10.2. The second-order valence-corrected chi connectivity index (χ2v) is 4.36. The Bertz CT molecular complexity index is 676. The summed E-state index contributed by atoms with van der Waals surface area (Å²) in [6.07, 6.45) is 0. The minimum atomic E-state index is -1.13. The topological polar surface area (TPSA) is 81.4 Å². The molecule has 1 aromatic carbocycles. The number of rotatable bonds is 3. The molecule has 0 bridgehead atoms. The predicted octanol–water partition coefficient (Wildman–Crippen LogP) is 2.32. The molecule has 20 heavy (non-hydrogen) atoms. The van der Waals surface area contributed by atoms with Crippen LogP contribution in [-0.4, -0.2) is 33.9 Å². The van der Waals surface area contributed by atoms with Crippen LogP contribution in [0, 0.1) is 6.92 Å². The summed E-state index contributed by atoms with van der Waals surface area (Å²) in [7, 11) is 1.29. The molecule has 0 saturated heterocycles. The minimum absolute atomic E-state index is 0.0146. The molecule has 1 aromatic heterocycles. The largest absolute Gasteiger partial charge is 0.478 e. The van der Waals surface area contributed by atoms with E-state index in [1.165, 1.54) is 11.8 Å². The molecular weight excluding hydrogens is 284 g/mol. The number of nitrogens with zero attached hydrogens (tertiary/aromatic N) is 2. The first-order valence-electron chi connectivity index (χ1n) is 5.63. The minimum Gasteiger partial charge on any atom is -0.478 e. The number of esters is 1. The van der Waals surface area contributed by atoms with Crippen molar-refractivity contribution in [3.8, 4) is 5.69 Å². The number of ether oxygens (including phenoxy) is 1. The highest BCUT2D eigenvalue weighted by atomic mass is 35.5. The first-order chi connectivity index (χ1) is 9.45. The molecule has 6 nitrogen and oxygen atoms in total. The molecule has 0 fully saturated rings. The number of hydrogen-bond donors (Lipinski definition) is 1. The van der Waals surface area contributed by atoms with Crippen molar-refractivity contribution >= 4 is 23.5 Å². The van der Waals surface area contributed by atoms with E-state index in [9.17, 15) is 9.59 Å².